The molecule has 1 atom stereocenters. The van der Waals surface area contributed by atoms with Crippen LogP contribution in [0.3, 0.4) is 0 Å². The van der Waals surface area contributed by atoms with Crippen LogP contribution in [-0.4, -0.2) is 58.2 Å². The van der Waals surface area contributed by atoms with Gasteiger partial charge in [-0.3, -0.25) is 9.59 Å². The van der Waals surface area contributed by atoms with Gasteiger partial charge in [0.2, 0.25) is 5.91 Å². The predicted molar refractivity (Wildman–Crippen MR) is 92.8 cm³/mol. The normalized spacial score (nSPS) is 23.7. The zero-order chi connectivity index (χ0) is 17.1. The molecule has 1 amide bonds. The van der Waals surface area contributed by atoms with E-state index in [1.807, 2.05) is 18.9 Å². The Bertz CT molecular complexity index is 634. The van der Waals surface area contributed by atoms with Crippen LogP contribution in [0.5, 0.6) is 0 Å². The molecule has 1 aromatic heterocycles. The van der Waals surface area contributed by atoms with Crippen LogP contribution >= 0.6 is 0 Å². The smallest absolute Gasteiger partial charge is 0.266 e. The molecule has 132 valence electrons. The summed E-state index contributed by atoms with van der Waals surface area (Å²) in [6, 6.07) is 3.74. The highest BCUT2D eigenvalue weighted by Gasteiger charge is 2.28. The van der Waals surface area contributed by atoms with Gasteiger partial charge >= 0.3 is 0 Å². The zero-order valence-corrected chi connectivity index (χ0v) is 14.8. The number of likely N-dealkylation sites (N-methyl/N-ethyl adjacent to an activating group) is 1. The lowest BCUT2D eigenvalue weighted by Crippen LogP contribution is -2.49. The molecular weight excluding hydrogens is 304 g/mol. The maximum Gasteiger partial charge on any atom is 0.266 e. The van der Waals surface area contributed by atoms with E-state index in [0.717, 1.165) is 57.6 Å². The second-order valence-electron chi connectivity index (χ2n) is 7.29. The Hall–Kier alpha value is -1.69. The van der Waals surface area contributed by atoms with Crippen LogP contribution in [0.15, 0.2) is 16.9 Å². The van der Waals surface area contributed by atoms with Crippen molar-refractivity contribution in [3.05, 3.63) is 28.2 Å². The van der Waals surface area contributed by atoms with E-state index in [1.165, 1.54) is 0 Å². The molecule has 1 aromatic rings. The number of carbonyl (C=O) groups is 1. The Kier molecular flexibility index (Phi) is 5.33. The molecule has 0 spiro atoms. The van der Waals surface area contributed by atoms with E-state index in [9.17, 15) is 9.59 Å². The van der Waals surface area contributed by atoms with Crippen LogP contribution < -0.4 is 5.56 Å². The highest BCUT2D eigenvalue weighted by Crippen LogP contribution is 2.22. The molecule has 24 heavy (non-hydrogen) atoms. The van der Waals surface area contributed by atoms with Gasteiger partial charge in [-0.25, -0.2) is 4.68 Å². The van der Waals surface area contributed by atoms with Crippen molar-refractivity contribution in [2.75, 3.05) is 26.7 Å². The highest BCUT2D eigenvalue weighted by molar-refractivity contribution is 5.76. The van der Waals surface area contributed by atoms with Crippen molar-refractivity contribution >= 4 is 5.91 Å². The van der Waals surface area contributed by atoms with E-state index in [2.05, 4.69) is 10.00 Å². The van der Waals surface area contributed by atoms with Crippen molar-refractivity contribution in [3.8, 4) is 0 Å². The molecule has 0 bridgehead atoms. The van der Waals surface area contributed by atoms with Crippen LogP contribution in [0.2, 0.25) is 0 Å². The number of nitrogens with zero attached hydrogens (tertiary/aromatic N) is 4. The van der Waals surface area contributed by atoms with Gasteiger partial charge in [-0.05, 0) is 57.7 Å². The van der Waals surface area contributed by atoms with Crippen LogP contribution in [0, 0.1) is 12.8 Å². The minimum atomic E-state index is -0.00891. The van der Waals surface area contributed by atoms with Gasteiger partial charge in [-0.2, -0.15) is 5.10 Å². The monoisotopic (exact) mass is 332 g/mol. The Morgan fingerprint density at radius 2 is 1.88 bits per heavy atom. The molecule has 0 radical (unpaired) electrons. The van der Waals surface area contributed by atoms with Gasteiger partial charge in [0.05, 0.1) is 5.69 Å². The fourth-order valence-corrected chi connectivity index (χ4v) is 3.85. The minimum Gasteiger partial charge on any atom is -0.341 e. The molecule has 3 rings (SSSR count). The number of piperidine rings is 2. The zero-order valence-electron chi connectivity index (χ0n) is 14.8. The molecule has 3 heterocycles. The molecule has 2 aliphatic rings. The van der Waals surface area contributed by atoms with Crippen molar-refractivity contribution in [2.24, 2.45) is 5.92 Å². The van der Waals surface area contributed by atoms with E-state index in [-0.39, 0.29) is 11.5 Å². The number of hydrogen-bond donors (Lipinski definition) is 0. The Morgan fingerprint density at radius 3 is 2.62 bits per heavy atom. The maximum absolute atomic E-state index is 11.9. The molecule has 0 aromatic carbocycles. The Labute approximate surface area is 143 Å². The van der Waals surface area contributed by atoms with Crippen molar-refractivity contribution in [1.82, 2.24) is 19.6 Å². The third-order valence-corrected chi connectivity index (χ3v) is 5.48. The van der Waals surface area contributed by atoms with Crippen molar-refractivity contribution in [1.29, 1.82) is 0 Å². The fourth-order valence-electron chi connectivity index (χ4n) is 3.85. The fraction of sp³-hybridized carbons (Fsp3) is 0.722. The first kappa shape index (κ1) is 17.1. The van der Waals surface area contributed by atoms with E-state index < -0.39 is 0 Å². The van der Waals surface area contributed by atoms with Gasteiger partial charge in [-0.1, -0.05) is 0 Å². The Morgan fingerprint density at radius 1 is 1.12 bits per heavy atom. The van der Waals surface area contributed by atoms with Crippen LogP contribution in [0.25, 0.3) is 0 Å². The SMILES string of the molecule is Cc1ccc(=O)n(CC2CCN(CC3CCCC(=O)N3C)CC2)n1. The van der Waals surface area contributed by atoms with E-state index in [1.54, 1.807) is 16.8 Å². The highest BCUT2D eigenvalue weighted by atomic mass is 16.2. The summed E-state index contributed by atoms with van der Waals surface area (Å²) < 4.78 is 1.61. The molecule has 0 saturated carbocycles. The van der Waals surface area contributed by atoms with Crippen molar-refractivity contribution in [3.63, 3.8) is 0 Å². The molecule has 2 aliphatic heterocycles. The number of carbonyl (C=O) groups excluding carboxylic acids is 1. The van der Waals surface area contributed by atoms with Gasteiger partial charge in [0.1, 0.15) is 0 Å². The number of hydrogen-bond acceptors (Lipinski definition) is 4. The lowest BCUT2D eigenvalue weighted by molar-refractivity contribution is -0.135. The van der Waals surface area contributed by atoms with Gasteiger partial charge in [0.25, 0.3) is 5.56 Å². The summed E-state index contributed by atoms with van der Waals surface area (Å²) in [4.78, 5) is 28.1. The van der Waals surface area contributed by atoms with E-state index in [0.29, 0.717) is 18.4 Å². The summed E-state index contributed by atoms with van der Waals surface area (Å²) in [5, 5.41) is 4.34. The average molecular weight is 332 g/mol. The molecule has 1 unspecified atom stereocenters. The summed E-state index contributed by atoms with van der Waals surface area (Å²) in [5.74, 6) is 0.796. The Balaban J connectivity index is 1.50. The number of aryl methyl sites for hydroxylation is 1. The van der Waals surface area contributed by atoms with Crippen LogP contribution in [-0.2, 0) is 11.3 Å². The second kappa shape index (κ2) is 7.47. The molecule has 6 heteroatoms. The third kappa shape index (κ3) is 4.04. The van der Waals surface area contributed by atoms with E-state index in [4.69, 9.17) is 0 Å². The molecule has 0 aliphatic carbocycles. The standard InChI is InChI=1S/C18H28N4O2/c1-14-6-7-18(24)22(19-14)12-15-8-10-21(11-9-15)13-16-4-3-5-17(23)20(16)2/h6-7,15-16H,3-5,8-13H2,1-2H3. The molecule has 2 fully saturated rings. The number of amides is 1. The quantitative estimate of drug-likeness (QED) is 0.833. The first-order valence-corrected chi connectivity index (χ1v) is 9.05. The summed E-state index contributed by atoms with van der Waals surface area (Å²) in [6.45, 7) is 5.71. The third-order valence-electron chi connectivity index (χ3n) is 5.48. The van der Waals surface area contributed by atoms with Crippen molar-refractivity contribution in [2.45, 2.75) is 51.6 Å². The largest absolute Gasteiger partial charge is 0.341 e. The predicted octanol–water partition coefficient (Wildman–Crippen LogP) is 1.27. The average Bonchev–Trinajstić information content (AvgIpc) is 2.57. The minimum absolute atomic E-state index is 0.00891. The summed E-state index contributed by atoms with van der Waals surface area (Å²) in [7, 11) is 1.94. The van der Waals surface area contributed by atoms with E-state index >= 15 is 0 Å². The van der Waals surface area contributed by atoms with Gasteiger partial charge in [0.15, 0.2) is 0 Å². The second-order valence-corrected chi connectivity index (χ2v) is 7.29. The maximum atomic E-state index is 11.9. The van der Waals surface area contributed by atoms with Crippen LogP contribution in [0.1, 0.15) is 37.8 Å². The molecular formula is C18H28N4O2. The number of rotatable bonds is 4. The van der Waals surface area contributed by atoms with Crippen molar-refractivity contribution < 1.29 is 4.79 Å². The first-order valence-electron chi connectivity index (χ1n) is 9.05. The molecule has 0 N–H and O–H groups in total. The van der Waals surface area contributed by atoms with Gasteiger partial charge in [0, 0.05) is 38.7 Å². The summed E-state index contributed by atoms with van der Waals surface area (Å²) in [5.41, 5.74) is 0.877. The lowest BCUT2D eigenvalue weighted by atomic mass is 9.95. The molecule has 6 nitrogen and oxygen atoms in total. The number of aromatic nitrogens is 2. The van der Waals surface area contributed by atoms with Gasteiger partial charge in [-0.15, -0.1) is 0 Å². The van der Waals surface area contributed by atoms with Gasteiger partial charge < -0.3 is 9.80 Å². The first-order chi connectivity index (χ1) is 11.5. The topological polar surface area (TPSA) is 58.4 Å². The van der Waals surface area contributed by atoms with Crippen LogP contribution in [0.4, 0.5) is 0 Å². The summed E-state index contributed by atoms with van der Waals surface area (Å²) in [6.07, 6.45) is 5.02. The summed E-state index contributed by atoms with van der Waals surface area (Å²) >= 11 is 0. The molecule has 2 saturated heterocycles. The number of likely N-dealkylation sites (tertiary alicyclic amines) is 2. The lowest BCUT2D eigenvalue weighted by Gasteiger charge is -2.39.